The third-order valence-electron chi connectivity index (χ3n) is 2.43. The first-order valence-electron chi connectivity index (χ1n) is 5.17. The maximum absolute atomic E-state index is 12.7. The zero-order chi connectivity index (χ0) is 13.3. The lowest BCUT2D eigenvalue weighted by Crippen LogP contribution is -2.05. The highest BCUT2D eigenvalue weighted by Crippen LogP contribution is 2.32. The number of aryl methyl sites for hydroxylation is 1. The standard InChI is InChI=1S/C13H9F4N/c1-8-4-9(6-10(5-8)13(15,16)17)12-3-2-11(14)7-18-12/h2-7H,1H3. The Morgan fingerprint density at radius 2 is 1.78 bits per heavy atom. The van der Waals surface area contributed by atoms with Crippen LogP contribution in [-0.2, 0) is 6.18 Å². The normalized spacial score (nSPS) is 11.6. The van der Waals surface area contributed by atoms with Crippen LogP contribution >= 0.6 is 0 Å². The fourth-order valence-electron chi connectivity index (χ4n) is 1.64. The fourth-order valence-corrected chi connectivity index (χ4v) is 1.64. The Labute approximate surface area is 101 Å². The van der Waals surface area contributed by atoms with E-state index in [1.54, 1.807) is 13.0 Å². The van der Waals surface area contributed by atoms with Crippen LogP contribution in [0.15, 0.2) is 36.5 Å². The highest BCUT2D eigenvalue weighted by Gasteiger charge is 2.31. The van der Waals surface area contributed by atoms with E-state index < -0.39 is 17.6 Å². The van der Waals surface area contributed by atoms with Gasteiger partial charge < -0.3 is 0 Å². The van der Waals surface area contributed by atoms with Gasteiger partial charge in [0.25, 0.3) is 0 Å². The lowest BCUT2D eigenvalue weighted by Gasteiger charge is -2.10. The predicted molar refractivity (Wildman–Crippen MR) is 59.4 cm³/mol. The Morgan fingerprint density at radius 3 is 2.33 bits per heavy atom. The van der Waals surface area contributed by atoms with E-state index in [1.807, 2.05) is 0 Å². The van der Waals surface area contributed by atoms with Gasteiger partial charge >= 0.3 is 6.18 Å². The van der Waals surface area contributed by atoms with Gasteiger partial charge in [0.1, 0.15) is 5.82 Å². The second kappa shape index (κ2) is 4.40. The fraction of sp³-hybridized carbons (Fsp3) is 0.154. The molecule has 2 aromatic rings. The molecule has 1 nitrogen and oxygen atoms in total. The van der Waals surface area contributed by atoms with Crippen LogP contribution in [0.4, 0.5) is 17.6 Å². The molecule has 94 valence electrons. The first-order valence-corrected chi connectivity index (χ1v) is 5.17. The average molecular weight is 255 g/mol. The highest BCUT2D eigenvalue weighted by molar-refractivity contribution is 5.61. The topological polar surface area (TPSA) is 12.9 Å². The number of alkyl halides is 3. The molecule has 0 saturated heterocycles. The molecular weight excluding hydrogens is 246 g/mol. The molecule has 2 rings (SSSR count). The van der Waals surface area contributed by atoms with Crippen molar-refractivity contribution in [1.29, 1.82) is 0 Å². The van der Waals surface area contributed by atoms with E-state index in [1.165, 1.54) is 6.07 Å². The molecule has 0 radical (unpaired) electrons. The summed E-state index contributed by atoms with van der Waals surface area (Å²) < 4.78 is 50.6. The van der Waals surface area contributed by atoms with E-state index in [9.17, 15) is 17.6 Å². The summed E-state index contributed by atoms with van der Waals surface area (Å²) in [4.78, 5) is 3.77. The molecule has 1 aromatic carbocycles. The van der Waals surface area contributed by atoms with Gasteiger partial charge in [0.15, 0.2) is 0 Å². The van der Waals surface area contributed by atoms with Gasteiger partial charge in [-0.05, 0) is 42.8 Å². The molecule has 0 N–H and O–H groups in total. The Balaban J connectivity index is 2.52. The maximum Gasteiger partial charge on any atom is 0.416 e. The highest BCUT2D eigenvalue weighted by atomic mass is 19.4. The number of hydrogen-bond acceptors (Lipinski definition) is 1. The summed E-state index contributed by atoms with van der Waals surface area (Å²) in [6, 6.07) is 6.16. The van der Waals surface area contributed by atoms with E-state index in [4.69, 9.17) is 0 Å². The van der Waals surface area contributed by atoms with Gasteiger partial charge in [-0.15, -0.1) is 0 Å². The number of hydrogen-bond donors (Lipinski definition) is 0. The zero-order valence-corrected chi connectivity index (χ0v) is 9.42. The summed E-state index contributed by atoms with van der Waals surface area (Å²) in [5, 5.41) is 0. The second-order valence-corrected chi connectivity index (χ2v) is 3.95. The smallest absolute Gasteiger partial charge is 0.253 e. The van der Waals surface area contributed by atoms with E-state index in [-0.39, 0.29) is 0 Å². The van der Waals surface area contributed by atoms with Crippen molar-refractivity contribution in [2.75, 3.05) is 0 Å². The molecule has 0 atom stereocenters. The molecule has 0 bridgehead atoms. The molecule has 1 heterocycles. The van der Waals surface area contributed by atoms with E-state index >= 15 is 0 Å². The molecule has 0 spiro atoms. The Hall–Kier alpha value is -1.91. The third-order valence-corrected chi connectivity index (χ3v) is 2.43. The summed E-state index contributed by atoms with van der Waals surface area (Å²) in [6.07, 6.45) is -3.42. The molecule has 5 heteroatoms. The summed E-state index contributed by atoms with van der Waals surface area (Å²) in [5.74, 6) is -0.526. The molecule has 1 aromatic heterocycles. The van der Waals surface area contributed by atoms with Crippen LogP contribution in [-0.4, -0.2) is 4.98 Å². The zero-order valence-electron chi connectivity index (χ0n) is 9.42. The summed E-state index contributed by atoms with van der Waals surface area (Å²) in [7, 11) is 0. The van der Waals surface area contributed by atoms with E-state index in [0.717, 1.165) is 24.4 Å². The first kappa shape index (κ1) is 12.5. The van der Waals surface area contributed by atoms with Gasteiger partial charge in [0.05, 0.1) is 17.5 Å². The van der Waals surface area contributed by atoms with Gasteiger partial charge in [-0.1, -0.05) is 0 Å². The molecule has 0 fully saturated rings. The van der Waals surface area contributed by atoms with E-state index in [0.29, 0.717) is 16.8 Å². The molecule has 0 aliphatic rings. The van der Waals surface area contributed by atoms with Crippen LogP contribution < -0.4 is 0 Å². The minimum atomic E-state index is -4.40. The number of halogens is 4. The number of nitrogens with zero attached hydrogens (tertiary/aromatic N) is 1. The van der Waals surface area contributed by atoms with Crippen LogP contribution in [0.5, 0.6) is 0 Å². The van der Waals surface area contributed by atoms with Crippen LogP contribution in [0.3, 0.4) is 0 Å². The average Bonchev–Trinajstić information content (AvgIpc) is 2.28. The van der Waals surface area contributed by atoms with Crippen LogP contribution in [0.2, 0.25) is 0 Å². The van der Waals surface area contributed by atoms with Crippen LogP contribution in [0.1, 0.15) is 11.1 Å². The maximum atomic E-state index is 12.7. The SMILES string of the molecule is Cc1cc(-c2ccc(F)cn2)cc(C(F)(F)F)c1. The lowest BCUT2D eigenvalue weighted by atomic mass is 10.0. The minimum Gasteiger partial charge on any atom is -0.253 e. The molecule has 0 unspecified atom stereocenters. The van der Waals surface area contributed by atoms with Crippen molar-refractivity contribution >= 4 is 0 Å². The molecule has 0 saturated carbocycles. The van der Waals surface area contributed by atoms with Crippen molar-refractivity contribution in [3.05, 3.63) is 53.5 Å². The van der Waals surface area contributed by atoms with Gasteiger partial charge in [-0.3, -0.25) is 4.98 Å². The van der Waals surface area contributed by atoms with Crippen molar-refractivity contribution < 1.29 is 17.6 Å². The van der Waals surface area contributed by atoms with Gasteiger partial charge in [0, 0.05) is 5.56 Å². The van der Waals surface area contributed by atoms with Crippen molar-refractivity contribution in [3.63, 3.8) is 0 Å². The molecular formula is C13H9F4N. The lowest BCUT2D eigenvalue weighted by molar-refractivity contribution is -0.137. The van der Waals surface area contributed by atoms with Crippen LogP contribution in [0.25, 0.3) is 11.3 Å². The predicted octanol–water partition coefficient (Wildman–Crippen LogP) is 4.21. The monoisotopic (exact) mass is 255 g/mol. The Bertz CT molecular complexity index is 558. The molecule has 0 aliphatic heterocycles. The Morgan fingerprint density at radius 1 is 1.06 bits per heavy atom. The summed E-state index contributed by atoms with van der Waals surface area (Å²) >= 11 is 0. The van der Waals surface area contributed by atoms with Crippen LogP contribution in [0, 0.1) is 12.7 Å². The quantitative estimate of drug-likeness (QED) is 0.695. The minimum absolute atomic E-state index is 0.311. The second-order valence-electron chi connectivity index (χ2n) is 3.95. The number of aromatic nitrogens is 1. The van der Waals surface area contributed by atoms with Crippen molar-refractivity contribution in [2.24, 2.45) is 0 Å². The molecule has 18 heavy (non-hydrogen) atoms. The largest absolute Gasteiger partial charge is 0.416 e. The molecule has 0 amide bonds. The van der Waals surface area contributed by atoms with Crippen molar-refractivity contribution in [2.45, 2.75) is 13.1 Å². The summed E-state index contributed by atoms with van der Waals surface area (Å²) in [5.41, 5.74) is 0.377. The number of pyridine rings is 1. The molecule has 0 aliphatic carbocycles. The number of benzene rings is 1. The van der Waals surface area contributed by atoms with Gasteiger partial charge in [-0.25, -0.2) is 4.39 Å². The van der Waals surface area contributed by atoms with E-state index in [2.05, 4.69) is 4.98 Å². The first-order chi connectivity index (χ1) is 8.36. The Kier molecular flexibility index (Phi) is 3.07. The third kappa shape index (κ3) is 2.67. The summed E-state index contributed by atoms with van der Waals surface area (Å²) in [6.45, 7) is 1.57. The van der Waals surface area contributed by atoms with Crippen molar-refractivity contribution in [3.8, 4) is 11.3 Å². The van der Waals surface area contributed by atoms with Gasteiger partial charge in [-0.2, -0.15) is 13.2 Å². The number of rotatable bonds is 1. The van der Waals surface area contributed by atoms with Crippen molar-refractivity contribution in [1.82, 2.24) is 4.98 Å². The van der Waals surface area contributed by atoms with Gasteiger partial charge in [0.2, 0.25) is 0 Å².